The van der Waals surface area contributed by atoms with Crippen LogP contribution in [0.5, 0.6) is 0 Å². The van der Waals surface area contributed by atoms with Crippen LogP contribution >= 0.6 is 0 Å². The van der Waals surface area contributed by atoms with Crippen LogP contribution in [0, 0.1) is 6.92 Å². The van der Waals surface area contributed by atoms with Gasteiger partial charge in [-0.2, -0.15) is 0 Å². The van der Waals surface area contributed by atoms with Crippen molar-refractivity contribution in [1.29, 1.82) is 0 Å². The highest BCUT2D eigenvalue weighted by Crippen LogP contribution is 2.05. The molecule has 1 nitrogen and oxygen atoms in total. The first-order valence-corrected chi connectivity index (χ1v) is 5.12. The van der Waals surface area contributed by atoms with Crippen molar-refractivity contribution in [2.24, 2.45) is 0 Å². The smallest absolute Gasteiger partial charge is 0.126 e. The van der Waals surface area contributed by atoms with E-state index < -0.39 is 0 Å². The van der Waals surface area contributed by atoms with E-state index in [2.05, 4.69) is 13.2 Å². The molecule has 2 aromatic rings. The SMILES string of the molecule is C=Cc1ccc(C)o1.C=Cc1ccccc1. The molecule has 0 spiro atoms. The van der Waals surface area contributed by atoms with Crippen LogP contribution in [0.4, 0.5) is 0 Å². The molecule has 1 heterocycles. The molecule has 0 atom stereocenters. The van der Waals surface area contributed by atoms with E-state index in [9.17, 15) is 0 Å². The van der Waals surface area contributed by atoms with Gasteiger partial charge in [0.15, 0.2) is 0 Å². The lowest BCUT2D eigenvalue weighted by molar-refractivity contribution is 0.525. The molecule has 0 bridgehead atoms. The molecule has 0 N–H and O–H groups in total. The first kappa shape index (κ1) is 12.1. The van der Waals surface area contributed by atoms with E-state index in [0.717, 1.165) is 11.5 Å². The molecule has 1 heteroatoms. The van der Waals surface area contributed by atoms with Gasteiger partial charge in [-0.05, 0) is 30.7 Å². The summed E-state index contributed by atoms with van der Waals surface area (Å²) in [6.45, 7) is 9.09. The Morgan fingerprint density at radius 3 is 1.94 bits per heavy atom. The molecule has 0 amide bonds. The van der Waals surface area contributed by atoms with Crippen LogP contribution in [0.3, 0.4) is 0 Å². The van der Waals surface area contributed by atoms with E-state index in [0.29, 0.717) is 0 Å². The fourth-order valence-corrected chi connectivity index (χ4v) is 1.15. The molecule has 0 fully saturated rings. The van der Waals surface area contributed by atoms with Crippen molar-refractivity contribution in [3.63, 3.8) is 0 Å². The highest BCUT2D eigenvalue weighted by molar-refractivity contribution is 5.45. The molecule has 0 radical (unpaired) electrons. The lowest BCUT2D eigenvalue weighted by Crippen LogP contribution is -1.63. The summed E-state index contributed by atoms with van der Waals surface area (Å²) in [7, 11) is 0. The number of rotatable bonds is 2. The Kier molecular flexibility index (Phi) is 4.87. The van der Waals surface area contributed by atoms with Crippen LogP contribution in [-0.2, 0) is 0 Å². The predicted octanol–water partition coefficient (Wildman–Crippen LogP) is 4.56. The average Bonchev–Trinajstić information content (AvgIpc) is 2.77. The third-order valence-corrected chi connectivity index (χ3v) is 2.00. The standard InChI is InChI=1S/C8H8.C7H8O/c1-2-8-6-4-3-5-7-8;1-3-7-5-4-6(2)8-7/h2-7H,1H2;3-5H,1H2,2H3. The van der Waals surface area contributed by atoms with Crippen LogP contribution in [-0.4, -0.2) is 0 Å². The van der Waals surface area contributed by atoms with E-state index >= 15 is 0 Å². The zero-order valence-electron chi connectivity index (χ0n) is 9.52. The first-order valence-electron chi connectivity index (χ1n) is 5.12. The highest BCUT2D eigenvalue weighted by atomic mass is 16.3. The van der Waals surface area contributed by atoms with Crippen LogP contribution in [0.25, 0.3) is 12.2 Å². The lowest BCUT2D eigenvalue weighted by atomic mass is 10.2. The van der Waals surface area contributed by atoms with E-state index in [4.69, 9.17) is 4.42 Å². The maximum absolute atomic E-state index is 5.11. The quantitative estimate of drug-likeness (QED) is 0.711. The summed E-state index contributed by atoms with van der Waals surface area (Å²) < 4.78 is 5.11. The summed E-state index contributed by atoms with van der Waals surface area (Å²) in [5.74, 6) is 1.77. The molecule has 0 aliphatic carbocycles. The van der Waals surface area contributed by atoms with Gasteiger partial charge in [0.05, 0.1) is 0 Å². The van der Waals surface area contributed by atoms with Gasteiger partial charge in [0, 0.05) is 0 Å². The number of hydrogen-bond donors (Lipinski definition) is 0. The molecule has 0 saturated heterocycles. The molecular weight excluding hydrogens is 196 g/mol. The minimum absolute atomic E-state index is 0.836. The monoisotopic (exact) mass is 212 g/mol. The summed E-state index contributed by atoms with van der Waals surface area (Å²) in [5, 5.41) is 0. The van der Waals surface area contributed by atoms with Gasteiger partial charge in [0.1, 0.15) is 11.5 Å². The van der Waals surface area contributed by atoms with Crippen molar-refractivity contribution in [3.8, 4) is 0 Å². The number of aryl methyl sites for hydroxylation is 1. The van der Waals surface area contributed by atoms with Crippen LogP contribution in [0.1, 0.15) is 17.1 Å². The van der Waals surface area contributed by atoms with Gasteiger partial charge in [-0.15, -0.1) is 0 Å². The van der Waals surface area contributed by atoms with Gasteiger partial charge in [0.25, 0.3) is 0 Å². The zero-order valence-corrected chi connectivity index (χ0v) is 9.52. The van der Waals surface area contributed by atoms with Crippen molar-refractivity contribution >= 4 is 12.2 Å². The zero-order chi connectivity index (χ0) is 11.8. The largest absolute Gasteiger partial charge is 0.462 e. The maximum Gasteiger partial charge on any atom is 0.126 e. The van der Waals surface area contributed by atoms with Gasteiger partial charge in [0.2, 0.25) is 0 Å². The van der Waals surface area contributed by atoms with E-state index in [1.54, 1.807) is 6.08 Å². The summed E-state index contributed by atoms with van der Waals surface area (Å²) in [6, 6.07) is 13.8. The highest BCUT2D eigenvalue weighted by Gasteiger charge is 1.88. The molecular formula is C15H16O. The first-order chi connectivity index (χ1) is 7.76. The maximum atomic E-state index is 5.11. The second-order valence-electron chi connectivity index (χ2n) is 3.27. The molecule has 16 heavy (non-hydrogen) atoms. The predicted molar refractivity (Wildman–Crippen MR) is 70.1 cm³/mol. The third-order valence-electron chi connectivity index (χ3n) is 2.00. The van der Waals surface area contributed by atoms with E-state index in [1.807, 2.05) is 55.5 Å². The Labute approximate surface area is 96.7 Å². The number of hydrogen-bond acceptors (Lipinski definition) is 1. The fourth-order valence-electron chi connectivity index (χ4n) is 1.15. The van der Waals surface area contributed by atoms with Crippen molar-refractivity contribution < 1.29 is 4.42 Å². The van der Waals surface area contributed by atoms with E-state index in [-0.39, 0.29) is 0 Å². The molecule has 2 rings (SSSR count). The fraction of sp³-hybridized carbons (Fsp3) is 0.0667. The van der Waals surface area contributed by atoms with Crippen molar-refractivity contribution in [3.05, 3.63) is 72.7 Å². The van der Waals surface area contributed by atoms with Crippen molar-refractivity contribution in [1.82, 2.24) is 0 Å². The van der Waals surface area contributed by atoms with Crippen molar-refractivity contribution in [2.75, 3.05) is 0 Å². The summed E-state index contributed by atoms with van der Waals surface area (Å²) in [4.78, 5) is 0. The molecule has 0 saturated carbocycles. The van der Waals surface area contributed by atoms with E-state index in [1.165, 1.54) is 5.56 Å². The third kappa shape index (κ3) is 4.01. The summed E-state index contributed by atoms with van der Waals surface area (Å²) >= 11 is 0. The Morgan fingerprint density at radius 1 is 0.938 bits per heavy atom. The van der Waals surface area contributed by atoms with Gasteiger partial charge in [-0.1, -0.05) is 49.6 Å². The van der Waals surface area contributed by atoms with Gasteiger partial charge < -0.3 is 4.42 Å². The molecule has 1 aromatic heterocycles. The van der Waals surface area contributed by atoms with Crippen LogP contribution in [0.15, 0.2) is 60.0 Å². The van der Waals surface area contributed by atoms with Gasteiger partial charge in [-0.3, -0.25) is 0 Å². The second-order valence-corrected chi connectivity index (χ2v) is 3.27. The molecule has 0 unspecified atom stereocenters. The molecule has 82 valence electrons. The van der Waals surface area contributed by atoms with Crippen LogP contribution < -0.4 is 0 Å². The number of furan rings is 1. The number of benzene rings is 1. The minimum atomic E-state index is 0.836. The normalized spacial score (nSPS) is 8.81. The second kappa shape index (κ2) is 6.46. The van der Waals surface area contributed by atoms with Gasteiger partial charge >= 0.3 is 0 Å². The lowest BCUT2D eigenvalue weighted by Gasteiger charge is -1.85. The van der Waals surface area contributed by atoms with Crippen molar-refractivity contribution in [2.45, 2.75) is 6.92 Å². The van der Waals surface area contributed by atoms with Crippen LogP contribution in [0.2, 0.25) is 0 Å². The molecule has 0 aliphatic rings. The molecule has 0 aliphatic heterocycles. The van der Waals surface area contributed by atoms with Gasteiger partial charge in [-0.25, -0.2) is 0 Å². The Hall–Kier alpha value is -2.02. The Morgan fingerprint density at radius 2 is 1.62 bits per heavy atom. The topological polar surface area (TPSA) is 13.1 Å². The summed E-state index contributed by atoms with van der Waals surface area (Å²) in [5.41, 5.74) is 1.17. The summed E-state index contributed by atoms with van der Waals surface area (Å²) in [6.07, 6.45) is 3.52. The Balaban J connectivity index is 0.000000160. The minimum Gasteiger partial charge on any atom is -0.462 e. The molecule has 1 aromatic carbocycles. The average molecular weight is 212 g/mol. The Bertz CT molecular complexity index is 437.